The molecule has 0 radical (unpaired) electrons. The van der Waals surface area contributed by atoms with Gasteiger partial charge in [-0.1, -0.05) is 56.3 Å². The number of piperidine rings is 1. The van der Waals surface area contributed by atoms with Crippen LogP contribution in [0.3, 0.4) is 0 Å². The molecule has 1 aliphatic carbocycles. The lowest BCUT2D eigenvalue weighted by molar-refractivity contribution is -0.119. The van der Waals surface area contributed by atoms with Gasteiger partial charge in [-0.05, 0) is 61.8 Å². The molecule has 0 amide bonds. The van der Waals surface area contributed by atoms with E-state index in [0.29, 0.717) is 24.7 Å². The molecule has 0 spiro atoms. The van der Waals surface area contributed by atoms with Gasteiger partial charge in [-0.15, -0.1) is 0 Å². The van der Waals surface area contributed by atoms with Crippen LogP contribution in [0.4, 0.5) is 5.69 Å². The second-order valence-electron chi connectivity index (χ2n) is 10.8. The molecule has 3 heteroatoms. The molecule has 0 unspecified atom stereocenters. The quantitative estimate of drug-likeness (QED) is 0.594. The van der Waals surface area contributed by atoms with Crippen molar-refractivity contribution in [2.24, 2.45) is 0 Å². The van der Waals surface area contributed by atoms with Crippen LogP contribution in [0.25, 0.3) is 0 Å². The van der Waals surface area contributed by atoms with E-state index in [2.05, 4.69) is 72.2 Å². The molecular formula is C29H38N2O. The van der Waals surface area contributed by atoms with Gasteiger partial charge in [0, 0.05) is 55.2 Å². The molecule has 32 heavy (non-hydrogen) atoms. The first-order chi connectivity index (χ1) is 15.4. The summed E-state index contributed by atoms with van der Waals surface area (Å²) in [6.45, 7) is 10.0. The van der Waals surface area contributed by atoms with E-state index < -0.39 is 0 Å². The van der Waals surface area contributed by atoms with Crippen molar-refractivity contribution >= 4 is 11.5 Å². The molecule has 2 atom stereocenters. The largest absolute Gasteiger partial charge is 0.367 e. The Hall–Kier alpha value is -2.13. The van der Waals surface area contributed by atoms with E-state index in [4.69, 9.17) is 0 Å². The van der Waals surface area contributed by atoms with E-state index >= 15 is 0 Å². The predicted molar refractivity (Wildman–Crippen MR) is 132 cm³/mol. The molecule has 2 aromatic carbocycles. The Balaban J connectivity index is 1.34. The number of nitrogens with zero attached hydrogens (tertiary/aromatic N) is 2. The minimum atomic E-state index is -0.0604. The number of fused-ring (bicyclic) bond motifs is 2. The van der Waals surface area contributed by atoms with Crippen molar-refractivity contribution in [3.8, 4) is 0 Å². The zero-order valence-electron chi connectivity index (χ0n) is 20.1. The van der Waals surface area contributed by atoms with Crippen molar-refractivity contribution in [3.63, 3.8) is 0 Å². The number of carbonyl (C=O) groups excluding carboxylic acids is 1. The number of hydrogen-bond donors (Lipinski definition) is 0. The third-order valence-corrected chi connectivity index (χ3v) is 8.68. The Morgan fingerprint density at radius 1 is 1.00 bits per heavy atom. The Morgan fingerprint density at radius 2 is 1.69 bits per heavy atom. The molecule has 0 bridgehead atoms. The highest BCUT2D eigenvalue weighted by Crippen LogP contribution is 2.46. The highest BCUT2D eigenvalue weighted by Gasteiger charge is 2.44. The Kier molecular flexibility index (Phi) is 5.65. The summed E-state index contributed by atoms with van der Waals surface area (Å²) in [6, 6.07) is 18.5. The van der Waals surface area contributed by atoms with E-state index in [-0.39, 0.29) is 11.0 Å². The SMILES string of the molecule is CCC(=O)C[C@]1(C)CN(C2CCN([C@@]3(C)CCCc4ccccc43)CC2)c2ccccc21. The molecule has 0 aromatic heterocycles. The van der Waals surface area contributed by atoms with Gasteiger partial charge in [-0.2, -0.15) is 0 Å². The molecular weight excluding hydrogens is 392 g/mol. The van der Waals surface area contributed by atoms with Crippen LogP contribution in [0, 0.1) is 0 Å². The first-order valence-corrected chi connectivity index (χ1v) is 12.7. The number of likely N-dealkylation sites (tertiary alicyclic amines) is 1. The summed E-state index contributed by atoms with van der Waals surface area (Å²) in [5, 5.41) is 0. The third-order valence-electron chi connectivity index (χ3n) is 8.68. The standard InChI is InChI=1S/C29H38N2O/c1-4-24(32)20-28(2)21-31(27-14-8-7-13-26(27)28)23-15-18-30(19-16-23)29(3)17-9-11-22-10-5-6-12-25(22)29/h5-8,10,12-14,23H,4,9,11,15-21H2,1-3H3/t28-,29+/m1/s1. The van der Waals surface area contributed by atoms with Gasteiger partial charge in [-0.3, -0.25) is 9.69 Å². The zero-order valence-corrected chi connectivity index (χ0v) is 20.1. The van der Waals surface area contributed by atoms with Gasteiger partial charge in [0.25, 0.3) is 0 Å². The smallest absolute Gasteiger partial charge is 0.133 e. The molecule has 3 nitrogen and oxygen atoms in total. The summed E-state index contributed by atoms with van der Waals surface area (Å²) < 4.78 is 0. The molecule has 1 saturated heterocycles. The van der Waals surface area contributed by atoms with Crippen molar-refractivity contribution < 1.29 is 4.79 Å². The van der Waals surface area contributed by atoms with Gasteiger partial charge in [0.05, 0.1) is 0 Å². The topological polar surface area (TPSA) is 23.6 Å². The average molecular weight is 431 g/mol. The Morgan fingerprint density at radius 3 is 2.44 bits per heavy atom. The van der Waals surface area contributed by atoms with Gasteiger partial charge in [0.15, 0.2) is 0 Å². The number of hydrogen-bond acceptors (Lipinski definition) is 3. The van der Waals surface area contributed by atoms with E-state index in [0.717, 1.165) is 19.6 Å². The monoisotopic (exact) mass is 430 g/mol. The van der Waals surface area contributed by atoms with Gasteiger partial charge >= 0.3 is 0 Å². The van der Waals surface area contributed by atoms with E-state index in [9.17, 15) is 4.79 Å². The highest BCUT2D eigenvalue weighted by atomic mass is 16.1. The van der Waals surface area contributed by atoms with Gasteiger partial charge in [0.2, 0.25) is 0 Å². The van der Waals surface area contributed by atoms with Crippen molar-refractivity contribution in [3.05, 3.63) is 65.2 Å². The van der Waals surface area contributed by atoms with Crippen molar-refractivity contribution in [2.45, 2.75) is 82.7 Å². The number of aryl methyl sites for hydroxylation is 1. The van der Waals surface area contributed by atoms with Crippen LogP contribution < -0.4 is 4.90 Å². The highest BCUT2D eigenvalue weighted by molar-refractivity contribution is 5.81. The number of carbonyl (C=O) groups is 1. The van der Waals surface area contributed by atoms with Crippen LogP contribution in [0.5, 0.6) is 0 Å². The fraction of sp³-hybridized carbons (Fsp3) is 0.552. The lowest BCUT2D eigenvalue weighted by Gasteiger charge is -2.49. The second-order valence-corrected chi connectivity index (χ2v) is 10.8. The molecule has 1 fully saturated rings. The van der Waals surface area contributed by atoms with Crippen LogP contribution in [0.15, 0.2) is 48.5 Å². The zero-order chi connectivity index (χ0) is 22.3. The lowest BCUT2D eigenvalue weighted by atomic mass is 9.75. The summed E-state index contributed by atoms with van der Waals surface area (Å²) in [7, 11) is 0. The average Bonchev–Trinajstić information content (AvgIpc) is 3.12. The van der Waals surface area contributed by atoms with Gasteiger partial charge < -0.3 is 4.90 Å². The van der Waals surface area contributed by atoms with Crippen LogP contribution in [-0.4, -0.2) is 36.4 Å². The third kappa shape index (κ3) is 3.59. The molecule has 0 N–H and O–H groups in total. The molecule has 2 heterocycles. The molecule has 0 saturated carbocycles. The maximum Gasteiger partial charge on any atom is 0.133 e. The van der Waals surface area contributed by atoms with E-state index in [1.54, 1.807) is 11.1 Å². The van der Waals surface area contributed by atoms with Crippen LogP contribution >= 0.6 is 0 Å². The van der Waals surface area contributed by atoms with Crippen LogP contribution in [-0.2, 0) is 22.2 Å². The normalized spacial score (nSPS) is 28.4. The fourth-order valence-electron chi connectivity index (χ4n) is 6.84. The summed E-state index contributed by atoms with van der Waals surface area (Å²) >= 11 is 0. The van der Waals surface area contributed by atoms with Crippen molar-refractivity contribution in [1.29, 1.82) is 0 Å². The Bertz CT molecular complexity index is 992. The summed E-state index contributed by atoms with van der Waals surface area (Å²) in [6.07, 6.45) is 7.46. The number of benzene rings is 2. The fourth-order valence-corrected chi connectivity index (χ4v) is 6.84. The summed E-state index contributed by atoms with van der Waals surface area (Å²) in [5.74, 6) is 0.378. The molecule has 5 rings (SSSR count). The summed E-state index contributed by atoms with van der Waals surface area (Å²) in [5.41, 5.74) is 5.96. The maximum absolute atomic E-state index is 12.4. The molecule has 3 aliphatic rings. The molecule has 2 aromatic rings. The minimum absolute atomic E-state index is 0.0604. The van der Waals surface area contributed by atoms with Gasteiger partial charge in [0.1, 0.15) is 5.78 Å². The van der Waals surface area contributed by atoms with Crippen LogP contribution in [0.2, 0.25) is 0 Å². The number of anilines is 1. The maximum atomic E-state index is 12.4. The first kappa shape index (κ1) is 21.7. The van der Waals surface area contributed by atoms with E-state index in [1.165, 1.54) is 43.4 Å². The number of para-hydroxylation sites is 1. The number of ketones is 1. The van der Waals surface area contributed by atoms with Crippen molar-refractivity contribution in [2.75, 3.05) is 24.5 Å². The predicted octanol–water partition coefficient (Wildman–Crippen LogP) is 5.85. The van der Waals surface area contributed by atoms with Gasteiger partial charge in [-0.25, -0.2) is 0 Å². The van der Waals surface area contributed by atoms with Crippen molar-refractivity contribution in [1.82, 2.24) is 4.90 Å². The lowest BCUT2D eigenvalue weighted by Crippen LogP contribution is -2.53. The Labute approximate surface area is 193 Å². The number of rotatable bonds is 5. The molecule has 170 valence electrons. The first-order valence-electron chi connectivity index (χ1n) is 12.7. The van der Waals surface area contributed by atoms with E-state index in [1.807, 2.05) is 6.92 Å². The minimum Gasteiger partial charge on any atom is -0.367 e. The second kappa shape index (κ2) is 8.33. The van der Waals surface area contributed by atoms with Crippen LogP contribution in [0.1, 0.15) is 76.0 Å². The summed E-state index contributed by atoms with van der Waals surface area (Å²) in [4.78, 5) is 17.8. The number of Topliss-reactive ketones (excluding diaryl/α,β-unsaturated/α-hetero) is 1. The molecule has 2 aliphatic heterocycles.